The van der Waals surface area contributed by atoms with Gasteiger partial charge in [0.05, 0.1) is 5.92 Å². The van der Waals surface area contributed by atoms with Crippen LogP contribution in [0.4, 0.5) is 0 Å². The Bertz CT molecular complexity index is 734. The van der Waals surface area contributed by atoms with Gasteiger partial charge in [-0.15, -0.1) is 0 Å². The van der Waals surface area contributed by atoms with Crippen LogP contribution in [0.15, 0.2) is 28.8 Å². The minimum atomic E-state index is -0.00370. The summed E-state index contributed by atoms with van der Waals surface area (Å²) in [5.41, 5.74) is 0.867. The average Bonchev–Trinajstić information content (AvgIpc) is 3.04. The molecule has 1 aromatic carbocycles. The molecule has 1 aliphatic rings. The SMILES string of the molecule is CC(C)(C)CC(=O)N1CCC[C@@H](c2nc(-c3ccc(Cl)cc3)no2)C1. The Morgan fingerprint density at radius 1 is 1.32 bits per heavy atom. The summed E-state index contributed by atoms with van der Waals surface area (Å²) in [4.78, 5) is 19.0. The summed E-state index contributed by atoms with van der Waals surface area (Å²) in [6, 6.07) is 7.36. The normalized spacial score (nSPS) is 18.4. The molecule has 3 rings (SSSR count). The highest BCUT2D eigenvalue weighted by molar-refractivity contribution is 6.30. The van der Waals surface area contributed by atoms with E-state index >= 15 is 0 Å². The van der Waals surface area contributed by atoms with Crippen molar-refractivity contribution in [3.8, 4) is 11.4 Å². The van der Waals surface area contributed by atoms with Gasteiger partial charge in [0.15, 0.2) is 0 Å². The van der Waals surface area contributed by atoms with Crippen molar-refractivity contribution in [2.75, 3.05) is 13.1 Å². The van der Waals surface area contributed by atoms with Gasteiger partial charge in [0.2, 0.25) is 17.6 Å². The molecule has 2 heterocycles. The van der Waals surface area contributed by atoms with Crippen LogP contribution < -0.4 is 0 Å². The number of likely N-dealkylation sites (tertiary alicyclic amines) is 1. The molecule has 5 nitrogen and oxygen atoms in total. The summed E-state index contributed by atoms with van der Waals surface area (Å²) >= 11 is 5.92. The van der Waals surface area contributed by atoms with Gasteiger partial charge in [-0.1, -0.05) is 37.5 Å². The Labute approximate surface area is 153 Å². The standard InChI is InChI=1S/C19H24ClN3O2/c1-19(2,3)11-16(24)23-10-4-5-14(12-23)18-21-17(22-25-18)13-6-8-15(20)9-7-13/h6-9,14H,4-5,10-12H2,1-3H3/t14-/m1/s1. The number of hydrogen-bond donors (Lipinski definition) is 0. The highest BCUT2D eigenvalue weighted by Gasteiger charge is 2.30. The lowest BCUT2D eigenvalue weighted by Gasteiger charge is -2.33. The number of halogens is 1. The largest absolute Gasteiger partial charge is 0.342 e. The first-order chi connectivity index (χ1) is 11.8. The number of rotatable bonds is 3. The first-order valence-corrected chi connectivity index (χ1v) is 9.07. The number of carbonyl (C=O) groups excluding carboxylic acids is 1. The molecule has 1 amide bonds. The number of carbonyl (C=O) groups is 1. The van der Waals surface area contributed by atoms with Gasteiger partial charge in [0.1, 0.15) is 0 Å². The van der Waals surface area contributed by atoms with Crippen LogP contribution in [0.25, 0.3) is 11.4 Å². The lowest BCUT2D eigenvalue weighted by Crippen LogP contribution is -2.40. The zero-order valence-electron chi connectivity index (χ0n) is 15.0. The fourth-order valence-electron chi connectivity index (χ4n) is 3.09. The van der Waals surface area contributed by atoms with Gasteiger partial charge in [-0.3, -0.25) is 4.79 Å². The van der Waals surface area contributed by atoms with Crippen LogP contribution in [0, 0.1) is 5.41 Å². The first-order valence-electron chi connectivity index (χ1n) is 8.69. The molecule has 0 aliphatic carbocycles. The molecular formula is C19H24ClN3O2. The smallest absolute Gasteiger partial charge is 0.231 e. The van der Waals surface area contributed by atoms with Crippen LogP contribution in [0.2, 0.25) is 5.02 Å². The summed E-state index contributed by atoms with van der Waals surface area (Å²) in [6.07, 6.45) is 2.47. The molecule has 1 fully saturated rings. The highest BCUT2D eigenvalue weighted by atomic mass is 35.5. The van der Waals surface area contributed by atoms with E-state index in [1.165, 1.54) is 0 Å². The molecule has 25 heavy (non-hydrogen) atoms. The molecule has 0 radical (unpaired) electrons. The number of nitrogens with zero attached hydrogens (tertiary/aromatic N) is 3. The van der Waals surface area contributed by atoms with Gasteiger partial charge in [0, 0.05) is 30.1 Å². The molecule has 134 valence electrons. The van der Waals surface area contributed by atoms with Crippen LogP contribution in [-0.4, -0.2) is 34.0 Å². The number of aromatic nitrogens is 2. The van der Waals surface area contributed by atoms with Crippen LogP contribution in [0.1, 0.15) is 51.8 Å². The molecule has 0 saturated carbocycles. The number of piperidine rings is 1. The maximum absolute atomic E-state index is 12.5. The summed E-state index contributed by atoms with van der Waals surface area (Å²) in [6.45, 7) is 7.72. The van der Waals surface area contributed by atoms with Crippen molar-refractivity contribution in [2.24, 2.45) is 5.41 Å². The van der Waals surface area contributed by atoms with Crippen molar-refractivity contribution in [3.63, 3.8) is 0 Å². The van der Waals surface area contributed by atoms with Gasteiger partial charge in [-0.2, -0.15) is 4.98 Å². The van der Waals surface area contributed by atoms with E-state index in [-0.39, 0.29) is 17.2 Å². The molecule has 0 unspecified atom stereocenters. The quantitative estimate of drug-likeness (QED) is 0.805. The Morgan fingerprint density at radius 3 is 2.72 bits per heavy atom. The Kier molecular flexibility index (Phi) is 5.13. The molecule has 1 saturated heterocycles. The van der Waals surface area contributed by atoms with Crippen LogP contribution >= 0.6 is 11.6 Å². The van der Waals surface area contributed by atoms with Gasteiger partial charge < -0.3 is 9.42 Å². The second-order valence-electron chi connectivity index (χ2n) is 7.88. The van der Waals surface area contributed by atoms with E-state index in [9.17, 15) is 4.79 Å². The fraction of sp³-hybridized carbons (Fsp3) is 0.526. The van der Waals surface area contributed by atoms with Crippen molar-refractivity contribution in [3.05, 3.63) is 35.2 Å². The average molecular weight is 362 g/mol. The van der Waals surface area contributed by atoms with E-state index in [1.807, 2.05) is 17.0 Å². The van der Waals surface area contributed by atoms with Crippen molar-refractivity contribution < 1.29 is 9.32 Å². The number of benzene rings is 1. The van der Waals surface area contributed by atoms with Crippen LogP contribution in [0.3, 0.4) is 0 Å². The molecule has 0 spiro atoms. The lowest BCUT2D eigenvalue weighted by molar-refractivity contribution is -0.134. The molecule has 2 aromatic rings. The molecule has 0 N–H and O–H groups in total. The first kappa shape index (κ1) is 17.9. The van der Waals surface area contributed by atoms with Crippen molar-refractivity contribution in [1.82, 2.24) is 15.0 Å². The maximum atomic E-state index is 12.5. The highest BCUT2D eigenvalue weighted by Crippen LogP contribution is 2.29. The monoisotopic (exact) mass is 361 g/mol. The second-order valence-corrected chi connectivity index (χ2v) is 8.32. The van der Waals surface area contributed by atoms with Gasteiger partial charge in [-0.25, -0.2) is 0 Å². The van der Waals surface area contributed by atoms with Crippen molar-refractivity contribution >= 4 is 17.5 Å². The van der Waals surface area contributed by atoms with E-state index in [4.69, 9.17) is 16.1 Å². The maximum Gasteiger partial charge on any atom is 0.231 e. The van der Waals surface area contributed by atoms with Gasteiger partial charge in [0.25, 0.3) is 0 Å². The van der Waals surface area contributed by atoms with Gasteiger partial charge >= 0.3 is 0 Å². The number of amides is 1. The van der Waals surface area contributed by atoms with E-state index < -0.39 is 0 Å². The van der Waals surface area contributed by atoms with Crippen molar-refractivity contribution in [1.29, 1.82) is 0 Å². The minimum absolute atomic E-state index is 0.00370. The third-order valence-corrected chi connectivity index (χ3v) is 4.60. The zero-order valence-corrected chi connectivity index (χ0v) is 15.7. The predicted molar refractivity (Wildman–Crippen MR) is 97.4 cm³/mol. The predicted octanol–water partition coefficient (Wildman–Crippen LogP) is 4.53. The van der Waals surface area contributed by atoms with E-state index in [0.717, 1.165) is 24.9 Å². The molecule has 6 heteroatoms. The van der Waals surface area contributed by atoms with E-state index in [2.05, 4.69) is 30.9 Å². The van der Waals surface area contributed by atoms with Crippen LogP contribution in [0.5, 0.6) is 0 Å². The molecule has 1 aromatic heterocycles. The van der Waals surface area contributed by atoms with Gasteiger partial charge in [-0.05, 0) is 42.5 Å². The third-order valence-electron chi connectivity index (χ3n) is 4.35. The Morgan fingerprint density at radius 2 is 2.04 bits per heavy atom. The van der Waals surface area contributed by atoms with Crippen molar-refractivity contribution in [2.45, 2.75) is 46.0 Å². The lowest BCUT2D eigenvalue weighted by atomic mass is 9.90. The summed E-state index contributed by atoms with van der Waals surface area (Å²) in [5.74, 6) is 1.48. The number of hydrogen-bond acceptors (Lipinski definition) is 4. The third kappa shape index (κ3) is 4.60. The summed E-state index contributed by atoms with van der Waals surface area (Å²) in [7, 11) is 0. The summed E-state index contributed by atoms with van der Waals surface area (Å²) < 4.78 is 5.49. The van der Waals surface area contributed by atoms with E-state index in [1.54, 1.807) is 12.1 Å². The Balaban J connectivity index is 1.70. The molecule has 0 bridgehead atoms. The molecule has 1 aliphatic heterocycles. The second kappa shape index (κ2) is 7.16. The minimum Gasteiger partial charge on any atom is -0.342 e. The topological polar surface area (TPSA) is 59.2 Å². The Hall–Kier alpha value is -1.88. The van der Waals surface area contributed by atoms with Crippen LogP contribution in [-0.2, 0) is 4.79 Å². The fourth-order valence-corrected chi connectivity index (χ4v) is 3.21. The molecular weight excluding hydrogens is 338 g/mol. The van der Waals surface area contributed by atoms with E-state index in [0.29, 0.717) is 29.7 Å². The zero-order chi connectivity index (χ0) is 18.0. The molecule has 1 atom stereocenters. The summed E-state index contributed by atoms with van der Waals surface area (Å²) in [5, 5.41) is 4.76.